The maximum atomic E-state index is 5.68. The van der Waals surface area contributed by atoms with Crippen molar-refractivity contribution in [3.8, 4) is 18.1 Å². The monoisotopic (exact) mass is 215 g/mol. The minimum atomic E-state index is 0.536. The first-order valence-electron chi connectivity index (χ1n) is 5.04. The van der Waals surface area contributed by atoms with Crippen molar-refractivity contribution in [2.24, 2.45) is 0 Å². The molecule has 0 atom stereocenters. The zero-order valence-corrected chi connectivity index (χ0v) is 9.12. The normalized spacial score (nSPS) is 10.2. The van der Waals surface area contributed by atoms with Gasteiger partial charge in [-0.15, -0.1) is 6.42 Å². The van der Waals surface area contributed by atoms with Crippen LogP contribution in [0.5, 0.6) is 5.75 Å². The molecule has 0 saturated heterocycles. The van der Waals surface area contributed by atoms with Gasteiger partial charge in [-0.3, -0.25) is 5.32 Å². The Bertz CT molecular complexity index is 522. The van der Waals surface area contributed by atoms with Crippen molar-refractivity contribution < 1.29 is 9.15 Å². The molecule has 1 aromatic carbocycles. The van der Waals surface area contributed by atoms with E-state index in [2.05, 4.69) is 11.2 Å². The van der Waals surface area contributed by atoms with Crippen molar-refractivity contribution >= 4 is 11.0 Å². The van der Waals surface area contributed by atoms with Crippen LogP contribution in [0, 0.1) is 12.3 Å². The second-order valence-electron chi connectivity index (χ2n) is 3.40. The van der Waals surface area contributed by atoms with Crippen molar-refractivity contribution in [3.05, 3.63) is 30.0 Å². The van der Waals surface area contributed by atoms with Crippen molar-refractivity contribution in [3.63, 3.8) is 0 Å². The minimum absolute atomic E-state index is 0.536. The standard InChI is InChI=1S/C13H13NO2/c1-3-7-14-9-11-8-10-5-4-6-12(15-2)13(10)16-11/h1,4-6,8,14H,7,9H2,2H3. The van der Waals surface area contributed by atoms with Crippen LogP contribution in [0.2, 0.25) is 0 Å². The summed E-state index contributed by atoms with van der Waals surface area (Å²) < 4.78 is 10.9. The van der Waals surface area contributed by atoms with Crippen molar-refractivity contribution in [2.45, 2.75) is 6.54 Å². The highest BCUT2D eigenvalue weighted by atomic mass is 16.5. The molecule has 0 unspecified atom stereocenters. The average Bonchev–Trinajstić information content (AvgIpc) is 2.71. The molecule has 3 nitrogen and oxygen atoms in total. The predicted octanol–water partition coefficient (Wildman–Crippen LogP) is 2.16. The lowest BCUT2D eigenvalue weighted by molar-refractivity contribution is 0.406. The lowest BCUT2D eigenvalue weighted by atomic mass is 10.2. The Morgan fingerprint density at radius 1 is 1.50 bits per heavy atom. The van der Waals surface area contributed by atoms with Gasteiger partial charge in [0.1, 0.15) is 5.76 Å². The molecule has 16 heavy (non-hydrogen) atoms. The second-order valence-corrected chi connectivity index (χ2v) is 3.40. The zero-order chi connectivity index (χ0) is 11.4. The number of methoxy groups -OCH3 is 1. The number of nitrogens with one attached hydrogen (secondary N) is 1. The predicted molar refractivity (Wildman–Crippen MR) is 63.3 cm³/mol. The van der Waals surface area contributed by atoms with Crippen molar-refractivity contribution in [1.82, 2.24) is 5.32 Å². The summed E-state index contributed by atoms with van der Waals surface area (Å²) in [4.78, 5) is 0. The molecule has 0 radical (unpaired) electrons. The van der Waals surface area contributed by atoms with Gasteiger partial charge < -0.3 is 9.15 Å². The Kier molecular flexibility index (Phi) is 3.13. The van der Waals surface area contributed by atoms with Gasteiger partial charge in [0.25, 0.3) is 0 Å². The summed E-state index contributed by atoms with van der Waals surface area (Å²) in [5, 5.41) is 4.12. The number of ether oxygens (including phenoxy) is 1. The number of terminal acetylenes is 1. The van der Waals surface area contributed by atoms with E-state index in [9.17, 15) is 0 Å². The average molecular weight is 215 g/mol. The molecule has 0 bridgehead atoms. The van der Waals surface area contributed by atoms with E-state index < -0.39 is 0 Å². The molecule has 3 heteroatoms. The van der Waals surface area contributed by atoms with Crippen LogP contribution >= 0.6 is 0 Å². The van der Waals surface area contributed by atoms with Crippen molar-refractivity contribution in [2.75, 3.05) is 13.7 Å². The van der Waals surface area contributed by atoms with E-state index in [0.29, 0.717) is 13.1 Å². The Balaban J connectivity index is 2.26. The molecule has 2 aromatic rings. The fourth-order valence-corrected chi connectivity index (χ4v) is 1.60. The first-order chi connectivity index (χ1) is 7.85. The van der Waals surface area contributed by atoms with Gasteiger partial charge in [-0.25, -0.2) is 0 Å². The summed E-state index contributed by atoms with van der Waals surface area (Å²) in [5.41, 5.74) is 0.780. The van der Waals surface area contributed by atoms with Gasteiger partial charge >= 0.3 is 0 Å². The highest BCUT2D eigenvalue weighted by Crippen LogP contribution is 2.28. The first-order valence-corrected chi connectivity index (χ1v) is 5.04. The van der Waals surface area contributed by atoms with Gasteiger partial charge in [-0.2, -0.15) is 0 Å². The number of rotatable bonds is 4. The molecule has 0 spiro atoms. The topological polar surface area (TPSA) is 34.4 Å². The molecule has 0 fully saturated rings. The van der Waals surface area contributed by atoms with Crippen LogP contribution in [0.25, 0.3) is 11.0 Å². The fraction of sp³-hybridized carbons (Fsp3) is 0.231. The van der Waals surface area contributed by atoms with Gasteiger partial charge in [0.15, 0.2) is 11.3 Å². The van der Waals surface area contributed by atoms with E-state index in [-0.39, 0.29) is 0 Å². The van der Waals surface area contributed by atoms with Crippen LogP contribution in [-0.2, 0) is 6.54 Å². The molecular weight excluding hydrogens is 202 g/mol. The molecule has 0 aliphatic rings. The van der Waals surface area contributed by atoms with Crippen LogP contribution in [-0.4, -0.2) is 13.7 Å². The molecule has 1 N–H and O–H groups in total. The van der Waals surface area contributed by atoms with E-state index >= 15 is 0 Å². The van der Waals surface area contributed by atoms with Gasteiger partial charge in [-0.05, 0) is 12.1 Å². The summed E-state index contributed by atoms with van der Waals surface area (Å²) in [5.74, 6) is 4.12. The van der Waals surface area contributed by atoms with Crippen LogP contribution in [0.3, 0.4) is 0 Å². The molecule has 0 saturated carbocycles. The Morgan fingerprint density at radius 3 is 3.12 bits per heavy atom. The summed E-state index contributed by atoms with van der Waals surface area (Å²) in [6.07, 6.45) is 5.15. The number of benzene rings is 1. The van der Waals surface area contributed by atoms with Crippen LogP contribution in [0.15, 0.2) is 28.7 Å². The van der Waals surface area contributed by atoms with Gasteiger partial charge in [0, 0.05) is 5.39 Å². The van der Waals surface area contributed by atoms with E-state index in [4.69, 9.17) is 15.6 Å². The smallest absolute Gasteiger partial charge is 0.176 e. The van der Waals surface area contributed by atoms with Gasteiger partial charge in [0.05, 0.1) is 20.2 Å². The lowest BCUT2D eigenvalue weighted by Gasteiger charge is -1.99. The van der Waals surface area contributed by atoms with Gasteiger partial charge in [0.2, 0.25) is 0 Å². The SMILES string of the molecule is C#CCNCc1cc2cccc(OC)c2o1. The number of hydrogen-bond acceptors (Lipinski definition) is 3. The van der Waals surface area contributed by atoms with Crippen molar-refractivity contribution in [1.29, 1.82) is 0 Å². The Labute approximate surface area is 94.4 Å². The quantitative estimate of drug-likeness (QED) is 0.627. The molecule has 0 aliphatic heterocycles. The molecule has 82 valence electrons. The summed E-state index contributed by atoms with van der Waals surface area (Å²) in [6, 6.07) is 7.80. The number of furan rings is 1. The summed E-state index contributed by atoms with van der Waals surface area (Å²) in [7, 11) is 1.63. The second kappa shape index (κ2) is 4.73. The van der Waals surface area contributed by atoms with E-state index in [1.54, 1.807) is 7.11 Å². The zero-order valence-electron chi connectivity index (χ0n) is 9.12. The third kappa shape index (κ3) is 2.02. The molecule has 0 amide bonds. The number of para-hydroxylation sites is 1. The van der Waals surface area contributed by atoms with E-state index in [0.717, 1.165) is 22.5 Å². The molecule has 2 rings (SSSR count). The fourth-order valence-electron chi connectivity index (χ4n) is 1.60. The third-order valence-corrected chi connectivity index (χ3v) is 2.31. The van der Waals surface area contributed by atoms with E-state index in [1.807, 2.05) is 24.3 Å². The van der Waals surface area contributed by atoms with Crippen LogP contribution < -0.4 is 10.1 Å². The summed E-state index contributed by atoms with van der Waals surface area (Å²) >= 11 is 0. The largest absolute Gasteiger partial charge is 0.493 e. The molecule has 1 aromatic heterocycles. The number of hydrogen-bond donors (Lipinski definition) is 1. The van der Waals surface area contributed by atoms with Crippen LogP contribution in [0.1, 0.15) is 5.76 Å². The molecule has 0 aliphatic carbocycles. The van der Waals surface area contributed by atoms with Crippen LogP contribution in [0.4, 0.5) is 0 Å². The maximum Gasteiger partial charge on any atom is 0.176 e. The minimum Gasteiger partial charge on any atom is -0.493 e. The Morgan fingerprint density at radius 2 is 2.38 bits per heavy atom. The lowest BCUT2D eigenvalue weighted by Crippen LogP contribution is -2.12. The summed E-state index contributed by atoms with van der Waals surface area (Å²) in [6.45, 7) is 1.16. The maximum absolute atomic E-state index is 5.68. The highest BCUT2D eigenvalue weighted by Gasteiger charge is 2.07. The number of fused-ring (bicyclic) bond motifs is 1. The Hall–Kier alpha value is -1.92. The molecular formula is C13H13NO2. The van der Waals surface area contributed by atoms with E-state index in [1.165, 1.54) is 0 Å². The first kappa shape index (κ1) is 10.6. The highest BCUT2D eigenvalue weighted by molar-refractivity contribution is 5.83. The molecule has 1 heterocycles. The third-order valence-electron chi connectivity index (χ3n) is 2.31. The van der Waals surface area contributed by atoms with Gasteiger partial charge in [-0.1, -0.05) is 18.1 Å².